The molecule has 0 aromatic heterocycles. The van der Waals surface area contributed by atoms with Gasteiger partial charge in [0.25, 0.3) is 0 Å². The molecule has 0 radical (unpaired) electrons. The van der Waals surface area contributed by atoms with Crippen molar-refractivity contribution in [2.75, 3.05) is 72.8 Å². The Hall–Kier alpha value is -6.02. The Morgan fingerprint density at radius 3 is 2.36 bits per heavy atom. The summed E-state index contributed by atoms with van der Waals surface area (Å²) in [5.74, 6) is -1.92. The number of anilines is 1. The van der Waals surface area contributed by atoms with Crippen LogP contribution in [0, 0.1) is 5.92 Å². The molecule has 1 aliphatic carbocycles. The van der Waals surface area contributed by atoms with E-state index in [1.165, 1.54) is 38.0 Å². The SMILES string of the molecule is COc1cc2cc(c1Cl)N(C)C(=O)C[C@H](OC(=O)[C@H](C)N(C)C(=O)CCOCCOCCNC(=O)OCC1c3ccccc3-c3ccccc31)[C@]1(C)OC1[C@H](C)[C@@H]1C[C@@](O)(NC(=O)O1)[C@H](OC)/C=C/C=C(\C)C2. The number of alkyl carbamates (subject to hydrolysis) is 2. The molecule has 3 heterocycles. The number of halogens is 1. The molecule has 18 nitrogen and oxygen atoms in total. The second-order valence-corrected chi connectivity index (χ2v) is 19.5. The highest BCUT2D eigenvalue weighted by atomic mass is 35.5. The number of aliphatic hydroxyl groups is 1. The van der Waals surface area contributed by atoms with Crippen LogP contribution in [0.4, 0.5) is 15.3 Å². The number of carbonyl (C=O) groups excluding carboxylic acids is 5. The molecular weight excluding hydrogens is 964 g/mol. The van der Waals surface area contributed by atoms with Crippen molar-refractivity contribution in [1.82, 2.24) is 15.5 Å². The van der Waals surface area contributed by atoms with Gasteiger partial charge in [0.2, 0.25) is 11.8 Å². The molecule has 4 aliphatic rings. The molecule has 7 rings (SSSR count). The van der Waals surface area contributed by atoms with Crippen LogP contribution in [-0.4, -0.2) is 150 Å². The molecule has 4 amide bonds. The third-order valence-electron chi connectivity index (χ3n) is 14.2. The van der Waals surface area contributed by atoms with Crippen molar-refractivity contribution in [3.63, 3.8) is 0 Å². The van der Waals surface area contributed by atoms with Gasteiger partial charge in [-0.2, -0.15) is 0 Å². The average molecular weight is 1030 g/mol. The van der Waals surface area contributed by atoms with Crippen molar-refractivity contribution in [2.45, 2.75) is 101 Å². The fourth-order valence-corrected chi connectivity index (χ4v) is 10.1. The van der Waals surface area contributed by atoms with Gasteiger partial charge in [-0.05, 0) is 67.1 Å². The maximum absolute atomic E-state index is 14.3. The highest BCUT2D eigenvalue weighted by Crippen LogP contribution is 2.49. The highest BCUT2D eigenvalue weighted by Gasteiger charge is 2.64. The van der Waals surface area contributed by atoms with E-state index in [9.17, 15) is 29.1 Å². The van der Waals surface area contributed by atoms with Gasteiger partial charge in [0, 0.05) is 46.0 Å². The van der Waals surface area contributed by atoms with E-state index in [1.807, 2.05) is 37.3 Å². The number of allylic oxidation sites excluding steroid dienone is 3. The number of nitrogens with zero attached hydrogens (tertiary/aromatic N) is 2. The Balaban J connectivity index is 0.920. The number of esters is 1. The first-order chi connectivity index (χ1) is 34.9. The normalized spacial score (nSPS) is 26.4. The lowest BCUT2D eigenvalue weighted by molar-refractivity contribution is -0.162. The standard InChI is InChI=1S/C54H67ClN4O14/c1-32-14-13-19-44(67-8)54(65)30-43(71-52(64)57-54)33(2)49-53(4,73-49)45(29-47(61)59(6)41-27-35(26-32)28-42(66-7)48(41)55)72-50(62)34(3)58(5)46(60)20-22-68-24-25-69-23-21-56-51(63)70-31-40-38-17-11-9-15-36(38)37-16-10-12-18-39(37)40/h9-19,27-28,33-34,40,43-45,49,65H,20-26,29-31H2,1-8H3,(H,56,63)(H,57,64)/b19-13+,32-14+/t33-,34+,43+,44-,45+,49?,53+,54+/m1/s1. The van der Waals surface area contributed by atoms with Crippen molar-refractivity contribution < 1.29 is 67.0 Å². The molecule has 0 saturated carbocycles. The van der Waals surface area contributed by atoms with Gasteiger partial charge >= 0.3 is 18.2 Å². The van der Waals surface area contributed by atoms with Crippen molar-refractivity contribution in [3.05, 3.63) is 106 Å². The first kappa shape index (κ1) is 54.7. The summed E-state index contributed by atoms with van der Waals surface area (Å²) in [6, 6.07) is 18.7. The van der Waals surface area contributed by atoms with Gasteiger partial charge in [-0.15, -0.1) is 0 Å². The topological polar surface area (TPSA) is 213 Å². The van der Waals surface area contributed by atoms with Gasteiger partial charge in [-0.3, -0.25) is 14.9 Å². The number of amides is 4. The van der Waals surface area contributed by atoms with Crippen LogP contribution in [-0.2, 0) is 54.0 Å². The molecule has 73 heavy (non-hydrogen) atoms. The van der Waals surface area contributed by atoms with E-state index in [1.54, 1.807) is 45.2 Å². The minimum Gasteiger partial charge on any atom is -0.495 e. The lowest BCUT2D eigenvalue weighted by Gasteiger charge is -2.42. The quantitative estimate of drug-likeness (QED) is 0.0607. The molecule has 0 spiro atoms. The molecule has 4 bridgehead atoms. The van der Waals surface area contributed by atoms with Gasteiger partial charge in [-0.25, -0.2) is 14.4 Å². The van der Waals surface area contributed by atoms with E-state index in [0.29, 0.717) is 17.9 Å². The average Bonchev–Trinajstić information content (AvgIpc) is 3.97. The Labute approximate surface area is 431 Å². The van der Waals surface area contributed by atoms with Gasteiger partial charge in [0.05, 0.1) is 58.2 Å². The van der Waals surface area contributed by atoms with E-state index >= 15 is 0 Å². The molecule has 3 aromatic rings. The summed E-state index contributed by atoms with van der Waals surface area (Å²) in [7, 11) is 5.94. The Kier molecular flexibility index (Phi) is 17.9. The minimum absolute atomic E-state index is 0.0433. The predicted molar refractivity (Wildman–Crippen MR) is 270 cm³/mol. The number of benzene rings is 3. The highest BCUT2D eigenvalue weighted by molar-refractivity contribution is 6.35. The zero-order valence-electron chi connectivity index (χ0n) is 42.6. The molecule has 8 atom stereocenters. The lowest BCUT2D eigenvalue weighted by Crippen LogP contribution is -2.63. The number of rotatable bonds is 16. The van der Waals surface area contributed by atoms with Crippen molar-refractivity contribution >= 4 is 47.3 Å². The third-order valence-corrected chi connectivity index (χ3v) is 14.6. The molecule has 3 aromatic carbocycles. The van der Waals surface area contributed by atoms with Crippen LogP contribution in [0.2, 0.25) is 5.02 Å². The summed E-state index contributed by atoms with van der Waals surface area (Å²) in [4.78, 5) is 69.8. The smallest absolute Gasteiger partial charge is 0.409 e. The summed E-state index contributed by atoms with van der Waals surface area (Å²) in [6.07, 6.45) is 0.00172. The van der Waals surface area contributed by atoms with Crippen molar-refractivity contribution in [2.24, 2.45) is 5.92 Å². The van der Waals surface area contributed by atoms with Crippen LogP contribution in [0.15, 0.2) is 84.5 Å². The summed E-state index contributed by atoms with van der Waals surface area (Å²) >= 11 is 6.81. The molecule has 394 valence electrons. The number of epoxide rings is 1. The Morgan fingerprint density at radius 1 is 1.01 bits per heavy atom. The van der Waals surface area contributed by atoms with Gasteiger partial charge in [0.15, 0.2) is 5.72 Å². The van der Waals surface area contributed by atoms with E-state index in [-0.39, 0.29) is 69.8 Å². The maximum atomic E-state index is 14.3. The molecule has 1 unspecified atom stereocenters. The zero-order chi connectivity index (χ0) is 52.6. The fourth-order valence-electron chi connectivity index (χ4n) is 9.75. The number of carbonyl (C=O) groups is 5. The van der Waals surface area contributed by atoms with Gasteiger partial charge in [-0.1, -0.05) is 90.9 Å². The largest absolute Gasteiger partial charge is 0.495 e. The molecule has 2 saturated heterocycles. The predicted octanol–water partition coefficient (Wildman–Crippen LogP) is 6.48. The molecule has 19 heteroatoms. The summed E-state index contributed by atoms with van der Waals surface area (Å²) < 4.78 is 46.2. The van der Waals surface area contributed by atoms with E-state index in [2.05, 4.69) is 34.9 Å². The Morgan fingerprint density at radius 2 is 1.68 bits per heavy atom. The maximum Gasteiger partial charge on any atom is 0.409 e. The minimum atomic E-state index is -1.86. The van der Waals surface area contributed by atoms with Crippen LogP contribution >= 0.6 is 11.6 Å². The van der Waals surface area contributed by atoms with Gasteiger partial charge < -0.3 is 58.1 Å². The summed E-state index contributed by atoms with van der Waals surface area (Å²) in [5, 5.41) is 17.3. The molecule has 3 N–H and O–H groups in total. The number of methoxy groups -OCH3 is 2. The number of hydrogen-bond acceptors (Lipinski definition) is 14. The molecular formula is C54H67ClN4O14. The zero-order valence-corrected chi connectivity index (χ0v) is 43.4. The van der Waals surface area contributed by atoms with Crippen molar-refractivity contribution in [1.29, 1.82) is 0 Å². The van der Waals surface area contributed by atoms with Crippen molar-refractivity contribution in [3.8, 4) is 16.9 Å². The molecule has 2 fully saturated rings. The fraction of sp³-hybridized carbons (Fsp3) is 0.500. The Bertz CT molecular complexity index is 2530. The summed E-state index contributed by atoms with van der Waals surface area (Å²) in [5.41, 5.74) is 3.47. The first-order valence-corrected chi connectivity index (χ1v) is 24.9. The van der Waals surface area contributed by atoms with E-state index in [4.69, 9.17) is 49.5 Å². The second kappa shape index (κ2) is 23.9. The number of fused-ring (bicyclic) bond motifs is 8. The van der Waals surface area contributed by atoms with E-state index in [0.717, 1.165) is 33.4 Å². The van der Waals surface area contributed by atoms with Gasteiger partial charge in [0.1, 0.15) is 47.3 Å². The van der Waals surface area contributed by atoms with Crippen LogP contribution in [0.5, 0.6) is 5.75 Å². The van der Waals surface area contributed by atoms with Crippen LogP contribution < -0.4 is 20.3 Å². The summed E-state index contributed by atoms with van der Waals surface area (Å²) in [6.45, 7) is 8.00. The number of nitrogens with one attached hydrogen (secondary N) is 2. The van der Waals surface area contributed by atoms with Crippen LogP contribution in [0.1, 0.15) is 69.6 Å². The lowest BCUT2D eigenvalue weighted by atomic mass is 9.83. The number of hydrogen-bond donors (Lipinski definition) is 3. The number of ether oxygens (including phenoxy) is 8. The number of likely N-dealkylation sites (N-methyl/N-ethyl adjacent to an activating group) is 1. The van der Waals surface area contributed by atoms with E-state index < -0.39 is 77.7 Å². The van der Waals surface area contributed by atoms with Crippen LogP contribution in [0.25, 0.3) is 11.1 Å². The monoisotopic (exact) mass is 1030 g/mol. The third kappa shape index (κ3) is 12.7. The molecule has 3 aliphatic heterocycles. The first-order valence-electron chi connectivity index (χ1n) is 24.5. The second-order valence-electron chi connectivity index (χ2n) is 19.1. The van der Waals surface area contributed by atoms with Crippen LogP contribution in [0.3, 0.4) is 0 Å².